The molecular weight excluding hydrogens is 525 g/mol. The lowest BCUT2D eigenvalue weighted by atomic mass is 9.84. The molecule has 8 nitrogen and oxygen atoms in total. The third-order valence-electron chi connectivity index (χ3n) is 6.70. The average molecular weight is 557 g/mol. The molecule has 40 heavy (non-hydrogen) atoms. The highest BCUT2D eigenvalue weighted by Crippen LogP contribution is 2.39. The summed E-state index contributed by atoms with van der Waals surface area (Å²) in [6, 6.07) is 13.7. The highest BCUT2D eigenvalue weighted by atomic mass is 19.4. The molecule has 2 aromatic carbocycles. The minimum atomic E-state index is -4.73. The lowest BCUT2D eigenvalue weighted by Crippen LogP contribution is -2.32. The van der Waals surface area contributed by atoms with E-state index in [1.807, 2.05) is 37.3 Å². The molecule has 3 unspecified atom stereocenters. The fourth-order valence-corrected chi connectivity index (χ4v) is 4.69. The number of halogens is 3. The third-order valence-corrected chi connectivity index (χ3v) is 6.70. The SMILES string of the molecule is CCOc1cccc(-c2ccc(C(Oc3cc(C4=CCC(CC(N)C(=O)O)CC4)nc(N)n3)C(F)(F)F)cc2)c1. The number of carboxylic acid groups (broad SMARTS) is 1. The van der Waals surface area contributed by atoms with Crippen LogP contribution in [0.4, 0.5) is 19.1 Å². The second-order valence-corrected chi connectivity index (χ2v) is 9.62. The molecule has 0 fully saturated rings. The Labute approximate surface area is 229 Å². The number of aromatic nitrogens is 2. The topological polar surface area (TPSA) is 134 Å². The fourth-order valence-electron chi connectivity index (χ4n) is 4.69. The number of nitrogens with zero attached hydrogens (tertiary/aromatic N) is 2. The minimum Gasteiger partial charge on any atom is -0.494 e. The van der Waals surface area contributed by atoms with Gasteiger partial charge in [-0.2, -0.15) is 18.2 Å². The molecule has 0 saturated heterocycles. The molecule has 0 aliphatic heterocycles. The number of ether oxygens (including phenoxy) is 2. The first-order valence-corrected chi connectivity index (χ1v) is 12.9. The highest BCUT2D eigenvalue weighted by Gasteiger charge is 2.43. The molecule has 3 aromatic rings. The Morgan fingerprint density at radius 3 is 2.50 bits per heavy atom. The highest BCUT2D eigenvalue weighted by molar-refractivity contribution is 5.73. The van der Waals surface area contributed by atoms with Crippen LogP contribution in [0.2, 0.25) is 0 Å². The van der Waals surface area contributed by atoms with Gasteiger partial charge in [-0.15, -0.1) is 0 Å². The standard InChI is InChI=1S/C29H31F3N4O4/c1-2-39-22-5-3-4-21(15-22)18-10-12-20(13-11-18)26(29(30,31)32)40-25-16-24(35-28(34)36-25)19-8-6-17(7-9-19)14-23(33)27(37)38/h3-5,8,10-13,15-17,23,26H,2,6-7,9,14,33H2,1H3,(H,37,38)(H2,34,35,36). The van der Waals surface area contributed by atoms with Crippen molar-refractivity contribution in [3.05, 3.63) is 71.9 Å². The molecule has 3 atom stereocenters. The molecule has 0 amide bonds. The van der Waals surface area contributed by atoms with Gasteiger partial charge < -0.3 is 26.0 Å². The second kappa shape index (κ2) is 12.4. The number of anilines is 1. The van der Waals surface area contributed by atoms with Crippen molar-refractivity contribution in [3.63, 3.8) is 0 Å². The number of carboxylic acids is 1. The van der Waals surface area contributed by atoms with Crippen molar-refractivity contribution < 1.29 is 32.5 Å². The smallest absolute Gasteiger partial charge is 0.429 e. The van der Waals surface area contributed by atoms with Crippen LogP contribution in [0.15, 0.2) is 60.7 Å². The van der Waals surface area contributed by atoms with Crippen molar-refractivity contribution >= 4 is 17.5 Å². The minimum absolute atomic E-state index is 0.0870. The lowest BCUT2D eigenvalue weighted by molar-refractivity contribution is -0.198. The molecule has 0 saturated carbocycles. The van der Waals surface area contributed by atoms with E-state index in [0.29, 0.717) is 43.7 Å². The van der Waals surface area contributed by atoms with Crippen molar-refractivity contribution in [1.82, 2.24) is 9.97 Å². The molecule has 5 N–H and O–H groups in total. The van der Waals surface area contributed by atoms with Gasteiger partial charge in [0.25, 0.3) is 0 Å². The fraction of sp³-hybridized carbons (Fsp3) is 0.345. The zero-order valence-electron chi connectivity index (χ0n) is 21.9. The predicted octanol–water partition coefficient (Wildman–Crippen LogP) is 5.79. The summed E-state index contributed by atoms with van der Waals surface area (Å²) in [5.41, 5.74) is 14.1. The summed E-state index contributed by atoms with van der Waals surface area (Å²) in [6.45, 7) is 2.37. The van der Waals surface area contributed by atoms with Crippen LogP contribution >= 0.6 is 0 Å². The van der Waals surface area contributed by atoms with Gasteiger partial charge in [-0.05, 0) is 67.4 Å². The monoisotopic (exact) mass is 556 g/mol. The van der Waals surface area contributed by atoms with E-state index in [1.165, 1.54) is 18.2 Å². The van der Waals surface area contributed by atoms with Crippen LogP contribution in [-0.2, 0) is 4.79 Å². The number of alkyl halides is 3. The first-order valence-electron chi connectivity index (χ1n) is 12.9. The van der Waals surface area contributed by atoms with E-state index in [2.05, 4.69) is 9.97 Å². The van der Waals surface area contributed by atoms with Crippen molar-refractivity contribution in [3.8, 4) is 22.8 Å². The zero-order chi connectivity index (χ0) is 28.9. The molecule has 212 valence electrons. The summed E-state index contributed by atoms with van der Waals surface area (Å²) >= 11 is 0. The number of nitrogen functional groups attached to an aromatic ring is 1. The maximum Gasteiger partial charge on any atom is 0.429 e. The summed E-state index contributed by atoms with van der Waals surface area (Å²) in [6.07, 6.45) is -3.00. The van der Waals surface area contributed by atoms with Crippen LogP contribution in [-0.4, -0.2) is 39.9 Å². The molecule has 0 spiro atoms. The molecule has 1 aliphatic rings. The normalized spacial score (nSPS) is 17.0. The molecule has 11 heteroatoms. The van der Waals surface area contributed by atoms with Crippen LogP contribution in [0.5, 0.6) is 11.6 Å². The van der Waals surface area contributed by atoms with Crippen LogP contribution in [0.1, 0.15) is 50.0 Å². The maximum absolute atomic E-state index is 14.1. The molecule has 0 radical (unpaired) electrons. The number of allylic oxidation sites excluding steroid dienone is 2. The number of aliphatic carboxylic acids is 1. The van der Waals surface area contributed by atoms with E-state index in [4.69, 9.17) is 26.0 Å². The largest absolute Gasteiger partial charge is 0.494 e. The molecule has 1 heterocycles. The van der Waals surface area contributed by atoms with Gasteiger partial charge in [0, 0.05) is 11.6 Å². The third kappa shape index (κ3) is 7.29. The summed E-state index contributed by atoms with van der Waals surface area (Å²) in [5, 5.41) is 9.04. The van der Waals surface area contributed by atoms with Gasteiger partial charge in [0.2, 0.25) is 17.9 Å². The van der Waals surface area contributed by atoms with Gasteiger partial charge >= 0.3 is 12.1 Å². The van der Waals surface area contributed by atoms with Crippen LogP contribution < -0.4 is 20.9 Å². The van der Waals surface area contributed by atoms with Gasteiger partial charge in [0.1, 0.15) is 11.8 Å². The molecule has 1 aromatic heterocycles. The van der Waals surface area contributed by atoms with Crippen molar-refractivity contribution in [2.75, 3.05) is 12.3 Å². The average Bonchev–Trinajstić information content (AvgIpc) is 2.92. The Bertz CT molecular complexity index is 1360. The van der Waals surface area contributed by atoms with E-state index >= 15 is 0 Å². The first-order chi connectivity index (χ1) is 19.0. The van der Waals surface area contributed by atoms with Crippen molar-refractivity contribution in [2.45, 2.75) is 50.9 Å². The number of rotatable bonds is 10. The van der Waals surface area contributed by atoms with E-state index in [0.717, 1.165) is 16.7 Å². The number of benzene rings is 2. The number of nitrogens with two attached hydrogens (primary N) is 2. The van der Waals surface area contributed by atoms with E-state index in [9.17, 15) is 18.0 Å². The van der Waals surface area contributed by atoms with Crippen LogP contribution in [0.25, 0.3) is 16.7 Å². The van der Waals surface area contributed by atoms with Crippen LogP contribution in [0.3, 0.4) is 0 Å². The van der Waals surface area contributed by atoms with E-state index < -0.39 is 24.3 Å². The Kier molecular flexibility index (Phi) is 8.93. The van der Waals surface area contributed by atoms with Gasteiger partial charge in [-0.1, -0.05) is 42.5 Å². The summed E-state index contributed by atoms with van der Waals surface area (Å²) in [7, 11) is 0. The van der Waals surface area contributed by atoms with Crippen molar-refractivity contribution in [2.24, 2.45) is 11.7 Å². The molecule has 4 rings (SSSR count). The first kappa shape index (κ1) is 28.9. The Morgan fingerprint density at radius 1 is 1.12 bits per heavy atom. The van der Waals surface area contributed by atoms with Gasteiger partial charge in [0.05, 0.1) is 12.3 Å². The number of hydrogen-bond donors (Lipinski definition) is 3. The lowest BCUT2D eigenvalue weighted by Gasteiger charge is -2.24. The Morgan fingerprint density at radius 2 is 1.88 bits per heavy atom. The molecule has 0 bridgehead atoms. The van der Waals surface area contributed by atoms with Gasteiger partial charge in [0.15, 0.2) is 0 Å². The zero-order valence-corrected chi connectivity index (χ0v) is 21.9. The second-order valence-electron chi connectivity index (χ2n) is 9.62. The van der Waals surface area contributed by atoms with E-state index in [1.54, 1.807) is 12.1 Å². The molecule has 1 aliphatic carbocycles. The number of carbonyl (C=O) groups is 1. The van der Waals surface area contributed by atoms with E-state index in [-0.39, 0.29) is 23.3 Å². The Balaban J connectivity index is 1.53. The number of hydrogen-bond acceptors (Lipinski definition) is 7. The summed E-state index contributed by atoms with van der Waals surface area (Å²) < 4.78 is 53.3. The van der Waals surface area contributed by atoms with Crippen molar-refractivity contribution in [1.29, 1.82) is 0 Å². The maximum atomic E-state index is 14.1. The van der Waals surface area contributed by atoms with Crippen LogP contribution in [0, 0.1) is 5.92 Å². The predicted molar refractivity (Wildman–Crippen MR) is 144 cm³/mol. The quantitative estimate of drug-likeness (QED) is 0.286. The summed E-state index contributed by atoms with van der Waals surface area (Å²) in [5.74, 6) is -0.804. The summed E-state index contributed by atoms with van der Waals surface area (Å²) in [4.78, 5) is 19.1. The van der Waals surface area contributed by atoms with Gasteiger partial charge in [-0.3, -0.25) is 4.79 Å². The van der Waals surface area contributed by atoms with Gasteiger partial charge in [-0.25, -0.2) is 4.98 Å². The molecular formula is C29H31F3N4O4. The Hall–Kier alpha value is -4.12.